The maximum Gasteiger partial charge on any atom is 0.319 e. The number of hydrogen-bond donors (Lipinski definition) is 3. The van der Waals surface area contributed by atoms with Gasteiger partial charge in [0.25, 0.3) is 5.92 Å². The predicted octanol–water partition coefficient (Wildman–Crippen LogP) is 2.93. The fourth-order valence-corrected chi connectivity index (χ4v) is 3.40. The molecule has 0 aromatic heterocycles. The Balaban J connectivity index is 1.52. The smallest absolute Gasteiger partial charge is 0.319 e. The molecule has 164 valence electrons. The fourth-order valence-electron chi connectivity index (χ4n) is 3.28. The van der Waals surface area contributed by atoms with Gasteiger partial charge in [-0.3, -0.25) is 9.59 Å². The SMILES string of the molecule is NC(=O)C1CC(F)(F)CN1C(=O)Cc1ccc(NC(=O)NCc2ccc(Cl)cc2)cc1. The second-order valence-corrected chi connectivity index (χ2v) is 7.74. The Labute approximate surface area is 182 Å². The van der Waals surface area contributed by atoms with Crippen molar-refractivity contribution in [1.29, 1.82) is 0 Å². The summed E-state index contributed by atoms with van der Waals surface area (Å²) in [7, 11) is 0. The van der Waals surface area contributed by atoms with Crippen LogP contribution in [0, 0.1) is 0 Å². The highest BCUT2D eigenvalue weighted by molar-refractivity contribution is 6.30. The molecule has 31 heavy (non-hydrogen) atoms. The molecule has 4 amide bonds. The molecule has 1 fully saturated rings. The van der Waals surface area contributed by atoms with E-state index in [0.29, 0.717) is 22.8 Å². The number of nitrogens with zero attached hydrogens (tertiary/aromatic N) is 1. The Hall–Kier alpha value is -3.20. The van der Waals surface area contributed by atoms with E-state index in [2.05, 4.69) is 10.6 Å². The number of halogens is 3. The fraction of sp³-hybridized carbons (Fsp3) is 0.286. The molecule has 1 aliphatic heterocycles. The second kappa shape index (κ2) is 9.30. The van der Waals surface area contributed by atoms with Crippen molar-refractivity contribution in [3.8, 4) is 0 Å². The summed E-state index contributed by atoms with van der Waals surface area (Å²) in [6.07, 6.45) is -0.926. The molecular formula is C21H21ClF2N4O3. The van der Waals surface area contributed by atoms with Crippen LogP contribution in [0.3, 0.4) is 0 Å². The number of rotatable bonds is 6. The lowest BCUT2D eigenvalue weighted by Crippen LogP contribution is -2.44. The molecule has 2 aromatic rings. The molecule has 0 radical (unpaired) electrons. The van der Waals surface area contributed by atoms with Crippen molar-refractivity contribution in [3.05, 3.63) is 64.7 Å². The minimum Gasteiger partial charge on any atom is -0.368 e. The van der Waals surface area contributed by atoms with E-state index in [1.54, 1.807) is 48.5 Å². The molecule has 7 nitrogen and oxygen atoms in total. The minimum absolute atomic E-state index is 0.164. The number of carbonyl (C=O) groups excluding carboxylic acids is 3. The highest BCUT2D eigenvalue weighted by Crippen LogP contribution is 2.32. The van der Waals surface area contributed by atoms with Gasteiger partial charge in [-0.2, -0.15) is 0 Å². The monoisotopic (exact) mass is 450 g/mol. The van der Waals surface area contributed by atoms with Crippen LogP contribution in [0.25, 0.3) is 0 Å². The Kier molecular flexibility index (Phi) is 6.74. The third-order valence-electron chi connectivity index (χ3n) is 4.85. The minimum atomic E-state index is -3.14. The van der Waals surface area contributed by atoms with E-state index in [-0.39, 0.29) is 6.42 Å². The number of benzene rings is 2. The van der Waals surface area contributed by atoms with Crippen molar-refractivity contribution in [3.63, 3.8) is 0 Å². The summed E-state index contributed by atoms with van der Waals surface area (Å²) >= 11 is 5.82. The zero-order valence-electron chi connectivity index (χ0n) is 16.4. The third-order valence-corrected chi connectivity index (χ3v) is 5.10. The number of nitrogens with one attached hydrogen (secondary N) is 2. The molecule has 1 saturated heterocycles. The number of urea groups is 1. The van der Waals surface area contributed by atoms with Crippen LogP contribution >= 0.6 is 11.6 Å². The molecule has 2 aromatic carbocycles. The average molecular weight is 451 g/mol. The van der Waals surface area contributed by atoms with Gasteiger partial charge >= 0.3 is 6.03 Å². The van der Waals surface area contributed by atoms with E-state index in [4.69, 9.17) is 17.3 Å². The van der Waals surface area contributed by atoms with Crippen molar-refractivity contribution in [2.24, 2.45) is 5.73 Å². The topological polar surface area (TPSA) is 105 Å². The van der Waals surface area contributed by atoms with Crippen LogP contribution in [-0.4, -0.2) is 41.3 Å². The largest absolute Gasteiger partial charge is 0.368 e. The molecule has 4 N–H and O–H groups in total. The van der Waals surface area contributed by atoms with Crippen LogP contribution in [0.4, 0.5) is 19.3 Å². The van der Waals surface area contributed by atoms with E-state index in [1.165, 1.54) is 0 Å². The first kappa shape index (κ1) is 22.5. The first-order chi connectivity index (χ1) is 14.6. The molecule has 0 aliphatic carbocycles. The van der Waals surface area contributed by atoms with E-state index in [1.807, 2.05) is 0 Å². The van der Waals surface area contributed by atoms with Gasteiger partial charge in [0.2, 0.25) is 11.8 Å². The summed E-state index contributed by atoms with van der Waals surface area (Å²) in [4.78, 5) is 36.7. The molecule has 1 aliphatic rings. The number of hydrogen-bond acceptors (Lipinski definition) is 3. The Morgan fingerprint density at radius 3 is 2.29 bits per heavy atom. The number of alkyl halides is 2. The van der Waals surface area contributed by atoms with Crippen LogP contribution in [-0.2, 0) is 22.6 Å². The lowest BCUT2D eigenvalue weighted by atomic mass is 10.1. The van der Waals surface area contributed by atoms with Gasteiger partial charge in [0.1, 0.15) is 6.04 Å². The highest BCUT2D eigenvalue weighted by Gasteiger charge is 2.49. The molecule has 3 rings (SSSR count). The number of primary amides is 1. The molecule has 1 unspecified atom stereocenters. The van der Waals surface area contributed by atoms with Crippen LogP contribution < -0.4 is 16.4 Å². The molecule has 1 heterocycles. The summed E-state index contributed by atoms with van der Waals surface area (Å²) in [5.41, 5.74) is 7.09. The number of likely N-dealkylation sites (tertiary alicyclic amines) is 1. The van der Waals surface area contributed by atoms with E-state index < -0.39 is 42.8 Å². The molecule has 0 spiro atoms. The van der Waals surface area contributed by atoms with Crippen molar-refractivity contribution in [1.82, 2.24) is 10.2 Å². The van der Waals surface area contributed by atoms with Gasteiger partial charge in [0, 0.05) is 23.7 Å². The zero-order chi connectivity index (χ0) is 22.6. The van der Waals surface area contributed by atoms with Gasteiger partial charge in [0.15, 0.2) is 0 Å². The van der Waals surface area contributed by atoms with Crippen LogP contribution in [0.15, 0.2) is 48.5 Å². The van der Waals surface area contributed by atoms with Gasteiger partial charge in [-0.05, 0) is 35.4 Å². The van der Waals surface area contributed by atoms with Gasteiger partial charge in [-0.1, -0.05) is 35.9 Å². The highest BCUT2D eigenvalue weighted by atomic mass is 35.5. The number of carbonyl (C=O) groups is 3. The molecule has 10 heteroatoms. The quantitative estimate of drug-likeness (QED) is 0.630. The number of nitrogens with two attached hydrogens (primary N) is 1. The summed E-state index contributed by atoms with van der Waals surface area (Å²) in [6.45, 7) is -0.510. The standard InChI is InChI=1S/C21H21ClF2N4O3/c22-15-5-1-14(2-6-15)11-26-20(31)27-16-7-3-13(4-8-16)9-18(29)28-12-21(23,24)10-17(28)19(25)30/h1-8,17H,9-12H2,(H2,25,30)(H2,26,27,31). The lowest BCUT2D eigenvalue weighted by Gasteiger charge is -2.21. The molecule has 0 bridgehead atoms. The third kappa shape index (κ3) is 6.14. The lowest BCUT2D eigenvalue weighted by molar-refractivity contribution is -0.137. The van der Waals surface area contributed by atoms with Gasteiger partial charge in [-0.25, -0.2) is 13.6 Å². The van der Waals surface area contributed by atoms with Gasteiger partial charge in [-0.15, -0.1) is 0 Å². The van der Waals surface area contributed by atoms with E-state index >= 15 is 0 Å². The first-order valence-electron chi connectivity index (χ1n) is 9.48. The van der Waals surface area contributed by atoms with Gasteiger partial charge in [0.05, 0.1) is 13.0 Å². The molecule has 1 atom stereocenters. The Morgan fingerprint density at radius 1 is 1.06 bits per heavy atom. The zero-order valence-corrected chi connectivity index (χ0v) is 17.2. The van der Waals surface area contributed by atoms with Crippen LogP contribution in [0.5, 0.6) is 0 Å². The maximum absolute atomic E-state index is 13.6. The normalized spacial score (nSPS) is 17.3. The van der Waals surface area contributed by atoms with Crippen LogP contribution in [0.2, 0.25) is 5.02 Å². The Bertz CT molecular complexity index is 968. The van der Waals surface area contributed by atoms with E-state index in [0.717, 1.165) is 10.5 Å². The first-order valence-corrected chi connectivity index (χ1v) is 9.85. The maximum atomic E-state index is 13.6. The number of anilines is 1. The summed E-state index contributed by atoms with van der Waals surface area (Å²) < 4.78 is 27.2. The number of amides is 4. The molecular weight excluding hydrogens is 430 g/mol. The summed E-state index contributed by atoms with van der Waals surface area (Å²) in [5.74, 6) is -4.69. The van der Waals surface area contributed by atoms with Crippen LogP contribution in [0.1, 0.15) is 17.5 Å². The van der Waals surface area contributed by atoms with Crippen molar-refractivity contribution >= 4 is 35.1 Å². The average Bonchev–Trinajstić information content (AvgIpc) is 3.05. The van der Waals surface area contributed by atoms with Crippen molar-refractivity contribution in [2.45, 2.75) is 31.4 Å². The molecule has 0 saturated carbocycles. The summed E-state index contributed by atoms with van der Waals surface area (Å²) in [6, 6.07) is 11.7. The van der Waals surface area contributed by atoms with Crippen molar-refractivity contribution < 1.29 is 23.2 Å². The second-order valence-electron chi connectivity index (χ2n) is 7.31. The summed E-state index contributed by atoms with van der Waals surface area (Å²) in [5, 5.41) is 5.97. The Morgan fingerprint density at radius 2 is 1.68 bits per heavy atom. The van der Waals surface area contributed by atoms with E-state index in [9.17, 15) is 23.2 Å². The van der Waals surface area contributed by atoms with Gasteiger partial charge < -0.3 is 21.3 Å². The predicted molar refractivity (Wildman–Crippen MR) is 112 cm³/mol. The van der Waals surface area contributed by atoms with Crippen molar-refractivity contribution in [2.75, 3.05) is 11.9 Å².